The number of ketones is 2. The lowest BCUT2D eigenvalue weighted by Crippen LogP contribution is -2.45. The van der Waals surface area contributed by atoms with E-state index < -0.39 is 16.8 Å². The second-order valence-electron chi connectivity index (χ2n) is 20.1. The highest BCUT2D eigenvalue weighted by Gasteiger charge is 2.38. The molecule has 0 aromatic rings. The fourth-order valence-electron chi connectivity index (χ4n) is 6.11. The van der Waals surface area contributed by atoms with Gasteiger partial charge in [0.15, 0.2) is 11.6 Å². The molecule has 0 aliphatic rings. The zero-order valence-electron chi connectivity index (χ0n) is 43.6. The Kier molecular flexibility index (Phi) is 35.2. The highest BCUT2D eigenvalue weighted by molar-refractivity contribution is 8.77. The Bertz CT molecular complexity index is 1290. The molecule has 3 unspecified atom stereocenters. The molecule has 0 fully saturated rings. The van der Waals surface area contributed by atoms with E-state index in [1.54, 1.807) is 34.3 Å². The third kappa shape index (κ3) is 33.3. The molecule has 65 heavy (non-hydrogen) atoms. The lowest BCUT2D eigenvalue weighted by molar-refractivity contribution is -0.165. The Morgan fingerprint density at radius 2 is 1.20 bits per heavy atom. The van der Waals surface area contributed by atoms with Crippen LogP contribution >= 0.6 is 56.9 Å². The van der Waals surface area contributed by atoms with Crippen molar-refractivity contribution in [1.29, 1.82) is 0 Å². The van der Waals surface area contributed by atoms with E-state index in [-0.39, 0.29) is 52.6 Å². The van der Waals surface area contributed by atoms with E-state index in [4.69, 9.17) is 33.2 Å². The smallest absolute Gasteiger partial charge is 0.307 e. The quantitative estimate of drug-likeness (QED) is 0.0189. The lowest BCUT2D eigenvalue weighted by atomic mass is 9.86. The SMILES string of the molecule is C=CCCCSCCC(=O)C(C)(C)OC(C)CC(C)(C)OC(=O)CCSCCOCOCCC(C)(C)SSCCOCOCCC(C)(C)SCCC(=O)C(C)(OCC(C)C(C)C)C(C)C. The van der Waals surface area contributed by atoms with Gasteiger partial charge in [0, 0.05) is 57.5 Å². The lowest BCUT2D eigenvalue weighted by Gasteiger charge is -2.34. The average molecular weight is 1020 g/mol. The van der Waals surface area contributed by atoms with E-state index in [2.05, 4.69) is 68.9 Å². The van der Waals surface area contributed by atoms with Gasteiger partial charge in [-0.15, -0.1) is 6.58 Å². The zero-order chi connectivity index (χ0) is 49.6. The molecular formula is C50H94O10S5. The first-order valence-electron chi connectivity index (χ1n) is 23.9. The molecule has 3 atom stereocenters. The number of hydrogen-bond donors (Lipinski definition) is 0. The van der Waals surface area contributed by atoms with Crippen LogP contribution in [0, 0.1) is 17.8 Å². The van der Waals surface area contributed by atoms with Gasteiger partial charge in [-0.05, 0) is 105 Å². The van der Waals surface area contributed by atoms with Gasteiger partial charge in [0.1, 0.15) is 30.4 Å². The van der Waals surface area contributed by atoms with Crippen molar-refractivity contribution in [3.63, 3.8) is 0 Å². The molecule has 0 bridgehead atoms. The maximum atomic E-state index is 13.2. The first-order valence-corrected chi connectivity index (χ1v) is 29.5. The summed E-state index contributed by atoms with van der Waals surface area (Å²) in [7, 11) is 3.63. The summed E-state index contributed by atoms with van der Waals surface area (Å²) in [6.07, 6.45) is 7.31. The fraction of sp³-hybridized carbons (Fsp3) is 0.900. The van der Waals surface area contributed by atoms with Gasteiger partial charge in [0.25, 0.3) is 0 Å². The number of rotatable bonds is 44. The summed E-state index contributed by atoms with van der Waals surface area (Å²) in [6, 6.07) is 0. The first-order chi connectivity index (χ1) is 30.3. The van der Waals surface area contributed by atoms with Crippen LogP contribution in [0.2, 0.25) is 0 Å². The van der Waals surface area contributed by atoms with E-state index in [1.165, 1.54) is 0 Å². The van der Waals surface area contributed by atoms with E-state index >= 15 is 0 Å². The average Bonchev–Trinajstić information content (AvgIpc) is 3.19. The third-order valence-electron chi connectivity index (χ3n) is 11.2. The molecule has 15 heteroatoms. The van der Waals surface area contributed by atoms with Crippen molar-refractivity contribution >= 4 is 74.4 Å². The van der Waals surface area contributed by atoms with Gasteiger partial charge in [-0.3, -0.25) is 14.4 Å². The van der Waals surface area contributed by atoms with E-state index in [0.29, 0.717) is 76.3 Å². The van der Waals surface area contributed by atoms with E-state index in [0.717, 1.165) is 54.4 Å². The molecule has 0 saturated carbocycles. The molecule has 0 radical (unpaired) electrons. The number of carbonyl (C=O) groups excluding carboxylic acids is 3. The Morgan fingerprint density at radius 3 is 1.80 bits per heavy atom. The number of thioether (sulfide) groups is 3. The topological polar surface area (TPSA) is 116 Å². The number of hydrogen-bond acceptors (Lipinski definition) is 15. The molecule has 0 spiro atoms. The molecule has 0 amide bonds. The second-order valence-corrected chi connectivity index (χ2v) is 27.4. The van der Waals surface area contributed by atoms with Crippen LogP contribution in [0.5, 0.6) is 0 Å². The van der Waals surface area contributed by atoms with Crippen LogP contribution in [0.15, 0.2) is 12.7 Å². The van der Waals surface area contributed by atoms with Gasteiger partial charge < -0.3 is 33.2 Å². The van der Waals surface area contributed by atoms with Crippen LogP contribution in [-0.4, -0.2) is 131 Å². The predicted molar refractivity (Wildman–Crippen MR) is 284 cm³/mol. The summed E-state index contributed by atoms with van der Waals surface area (Å²) in [5, 5.41) is 0. The molecule has 0 aliphatic heterocycles. The third-order valence-corrected chi connectivity index (χ3v) is 17.9. The maximum absolute atomic E-state index is 13.2. The summed E-state index contributed by atoms with van der Waals surface area (Å²) in [5.41, 5.74) is -2.34. The molecular weight excluding hydrogens is 921 g/mol. The van der Waals surface area contributed by atoms with Crippen molar-refractivity contribution in [3.05, 3.63) is 12.7 Å². The van der Waals surface area contributed by atoms with Crippen molar-refractivity contribution < 1.29 is 47.5 Å². The number of carbonyl (C=O) groups is 3. The molecule has 0 N–H and O–H groups in total. The van der Waals surface area contributed by atoms with Crippen LogP contribution in [0.25, 0.3) is 0 Å². The van der Waals surface area contributed by atoms with E-state index in [1.807, 2.05) is 70.2 Å². The Morgan fingerprint density at radius 1 is 0.646 bits per heavy atom. The predicted octanol–water partition coefficient (Wildman–Crippen LogP) is 12.8. The number of allylic oxidation sites excluding steroid dienone is 1. The summed E-state index contributed by atoms with van der Waals surface area (Å²) in [5.74, 6) is 5.95. The number of ether oxygens (including phenoxy) is 7. The minimum atomic E-state index is -0.889. The van der Waals surface area contributed by atoms with Crippen LogP contribution < -0.4 is 0 Å². The number of esters is 1. The van der Waals surface area contributed by atoms with Crippen molar-refractivity contribution in [1.82, 2.24) is 0 Å². The van der Waals surface area contributed by atoms with Gasteiger partial charge >= 0.3 is 5.97 Å². The van der Waals surface area contributed by atoms with Gasteiger partial charge in [0.05, 0.1) is 45.6 Å². The minimum Gasteiger partial charge on any atom is -0.460 e. The van der Waals surface area contributed by atoms with Crippen molar-refractivity contribution in [3.8, 4) is 0 Å². The van der Waals surface area contributed by atoms with E-state index in [9.17, 15) is 14.4 Å². The molecule has 0 aromatic carbocycles. The Balaban J connectivity index is 4.01. The normalized spacial score (nSPS) is 14.7. The summed E-state index contributed by atoms with van der Waals surface area (Å²) in [4.78, 5) is 38.7. The summed E-state index contributed by atoms with van der Waals surface area (Å²) >= 11 is 5.26. The highest BCUT2D eigenvalue weighted by atomic mass is 33.1. The van der Waals surface area contributed by atoms with Gasteiger partial charge in [0.2, 0.25) is 0 Å². The standard InChI is InChI=1S/C50H94O10S5/c1-17-18-19-29-61-30-20-43(51)49(14,15)59-42(7)35-46(8,9)60-45(53)22-31-62-33-27-56-37-55-26-24-48(12,13)65-64-34-28-57-38-54-25-23-47(10,11)63-32-21-44(52)50(16,40(4)5)58-36-41(6)39(2)3/h17,39-42H,1,18-38H2,2-16H3. The van der Waals surface area contributed by atoms with Gasteiger partial charge in [-0.2, -0.15) is 35.3 Å². The molecule has 10 nitrogen and oxygen atoms in total. The van der Waals surface area contributed by atoms with Crippen molar-refractivity contribution in [2.75, 3.05) is 81.1 Å². The fourth-order valence-corrected chi connectivity index (χ4v) is 11.2. The largest absolute Gasteiger partial charge is 0.460 e. The van der Waals surface area contributed by atoms with Crippen LogP contribution in [-0.2, 0) is 47.5 Å². The maximum Gasteiger partial charge on any atom is 0.307 e. The van der Waals surface area contributed by atoms with Crippen LogP contribution in [0.1, 0.15) is 155 Å². The number of unbranched alkanes of at least 4 members (excludes halogenated alkanes) is 1. The Labute approximate surface area is 418 Å². The zero-order valence-corrected chi connectivity index (χ0v) is 47.6. The van der Waals surface area contributed by atoms with Gasteiger partial charge in [-0.25, -0.2) is 0 Å². The Hall–Kier alpha value is 0.0600. The second kappa shape index (κ2) is 35.2. The van der Waals surface area contributed by atoms with Crippen molar-refractivity contribution in [2.24, 2.45) is 17.8 Å². The molecule has 384 valence electrons. The molecule has 0 aromatic heterocycles. The number of Topliss-reactive ketones (excluding diaryl/α,β-unsaturated/α-hetero) is 2. The minimum absolute atomic E-state index is 0.00286. The van der Waals surface area contributed by atoms with Crippen LogP contribution in [0.4, 0.5) is 0 Å². The molecule has 0 saturated heterocycles. The molecule has 0 aliphatic carbocycles. The van der Waals surface area contributed by atoms with Crippen molar-refractivity contribution in [2.45, 2.75) is 188 Å². The molecule has 0 rings (SSSR count). The van der Waals surface area contributed by atoms with Crippen LogP contribution in [0.3, 0.4) is 0 Å². The highest BCUT2D eigenvalue weighted by Crippen LogP contribution is 2.38. The summed E-state index contributed by atoms with van der Waals surface area (Å²) in [6.45, 7) is 38.1. The first kappa shape index (κ1) is 65.1. The van der Waals surface area contributed by atoms with Gasteiger partial charge in [-0.1, -0.05) is 76.1 Å². The summed E-state index contributed by atoms with van der Waals surface area (Å²) < 4.78 is 41.1. The molecule has 0 heterocycles. The monoisotopic (exact) mass is 1010 g/mol.